The Kier molecular flexibility index (Phi) is 21.4. The number of ether oxygens (including phenoxy) is 3. The van der Waals surface area contributed by atoms with Crippen molar-refractivity contribution >= 4 is 5.91 Å². The quantitative estimate of drug-likeness (QED) is 0.0427. The van der Waals surface area contributed by atoms with Gasteiger partial charge in [0, 0.05) is 44.0 Å². The molecule has 16 heteroatoms. The molecule has 0 radical (unpaired) electrons. The van der Waals surface area contributed by atoms with Gasteiger partial charge in [0.2, 0.25) is 5.91 Å². The summed E-state index contributed by atoms with van der Waals surface area (Å²) < 4.78 is 18.0. The molecule has 0 aromatic heterocycles. The van der Waals surface area contributed by atoms with E-state index in [0.29, 0.717) is 6.42 Å². The lowest BCUT2D eigenvalue weighted by molar-refractivity contribution is -0.262. The standard InChI is InChI=1S/C39H71NO15/c1-3-5-7-9-11-13-26(44)25(40-30(45)14-12-10-8-6-4-2)21-53-27-16-23(19-42)38(36(51)32(27)47)55-29-17-24(20-43)39(37(52)34(29)49)54-28-15-22(18-41)31(46)35(50)33(28)48/h11,13,22-29,31-39,41-44,46-52H,3-10,12,14-21H2,1-2H3,(H,40,45)/b13-11+/t22?,23?,24?,25-,26+,27?,28?,29?,31?,32?,33?,34?,35?,36?,37?,38?,39?/m0/s1. The van der Waals surface area contributed by atoms with Gasteiger partial charge in [0.1, 0.15) is 36.6 Å². The number of allylic oxidation sites excluding steroid dienone is 1. The average molecular weight is 794 g/mol. The molecule has 0 aromatic rings. The Morgan fingerprint density at radius 3 is 1.69 bits per heavy atom. The Balaban J connectivity index is 1.65. The SMILES string of the molecule is CCCCC/C=C/[C@@H](O)[C@H](COC1CC(CO)C(OC2CC(CO)C(OC3CC(CO)C(O)C(O)C3O)C(O)C2O)C(O)C1O)NC(=O)CCCCCCC. The Bertz CT molecular complexity index is 1100. The Morgan fingerprint density at radius 1 is 0.636 bits per heavy atom. The summed E-state index contributed by atoms with van der Waals surface area (Å²) in [6.45, 7) is 2.47. The van der Waals surface area contributed by atoms with E-state index in [1.165, 1.54) is 0 Å². The fourth-order valence-corrected chi connectivity index (χ4v) is 8.08. The highest BCUT2D eigenvalue weighted by molar-refractivity contribution is 5.76. The Labute approximate surface area is 325 Å². The lowest BCUT2D eigenvalue weighted by Crippen LogP contribution is -2.63. The van der Waals surface area contributed by atoms with Gasteiger partial charge in [0.15, 0.2) is 0 Å². The zero-order valence-electron chi connectivity index (χ0n) is 32.5. The molecule has 55 heavy (non-hydrogen) atoms. The fraction of sp³-hybridized carbons (Fsp3) is 0.923. The van der Waals surface area contributed by atoms with E-state index in [0.717, 1.165) is 51.4 Å². The number of amides is 1. The van der Waals surface area contributed by atoms with Crippen LogP contribution in [0.25, 0.3) is 0 Å². The van der Waals surface area contributed by atoms with Crippen LogP contribution in [-0.4, -0.2) is 174 Å². The smallest absolute Gasteiger partial charge is 0.220 e. The maximum atomic E-state index is 12.8. The molecule has 0 aromatic carbocycles. The van der Waals surface area contributed by atoms with Crippen LogP contribution in [0.3, 0.4) is 0 Å². The van der Waals surface area contributed by atoms with Gasteiger partial charge in [-0.15, -0.1) is 0 Å². The van der Waals surface area contributed by atoms with Crippen molar-refractivity contribution in [1.82, 2.24) is 5.32 Å². The van der Waals surface area contributed by atoms with Crippen molar-refractivity contribution in [2.45, 2.75) is 183 Å². The molecule has 322 valence electrons. The molecule has 0 bridgehead atoms. The fourth-order valence-electron chi connectivity index (χ4n) is 8.08. The predicted molar refractivity (Wildman–Crippen MR) is 199 cm³/mol. The van der Waals surface area contributed by atoms with Gasteiger partial charge in [-0.1, -0.05) is 64.5 Å². The summed E-state index contributed by atoms with van der Waals surface area (Å²) in [7, 11) is 0. The maximum absolute atomic E-state index is 12.8. The summed E-state index contributed by atoms with van der Waals surface area (Å²) in [5.74, 6) is -2.74. The summed E-state index contributed by atoms with van der Waals surface area (Å²) in [5.41, 5.74) is 0. The summed E-state index contributed by atoms with van der Waals surface area (Å²) in [5, 5.41) is 120. The molecule has 3 aliphatic rings. The van der Waals surface area contributed by atoms with Crippen LogP contribution in [0.15, 0.2) is 12.2 Å². The van der Waals surface area contributed by atoms with Gasteiger partial charge < -0.3 is 75.7 Å². The van der Waals surface area contributed by atoms with E-state index >= 15 is 0 Å². The first kappa shape index (κ1) is 48.0. The normalized spacial score (nSPS) is 38.2. The average Bonchev–Trinajstić information content (AvgIpc) is 3.18. The van der Waals surface area contributed by atoms with Crippen molar-refractivity contribution in [3.05, 3.63) is 12.2 Å². The number of aliphatic hydroxyl groups excluding tert-OH is 11. The molecule has 3 aliphatic carbocycles. The van der Waals surface area contributed by atoms with Gasteiger partial charge in [-0.3, -0.25) is 4.79 Å². The minimum Gasteiger partial charge on any atom is -0.396 e. The molecule has 3 rings (SSSR count). The monoisotopic (exact) mass is 793 g/mol. The number of nitrogens with one attached hydrogen (secondary N) is 1. The number of unbranched alkanes of at least 4 members (excludes halogenated alkanes) is 7. The van der Waals surface area contributed by atoms with Crippen LogP contribution in [0.5, 0.6) is 0 Å². The first-order valence-electron chi connectivity index (χ1n) is 20.5. The van der Waals surface area contributed by atoms with E-state index < -0.39 is 123 Å². The Morgan fingerprint density at radius 2 is 1.13 bits per heavy atom. The molecule has 3 saturated carbocycles. The van der Waals surface area contributed by atoms with Crippen LogP contribution >= 0.6 is 0 Å². The largest absolute Gasteiger partial charge is 0.396 e. The van der Waals surface area contributed by atoms with Gasteiger partial charge in [0.05, 0.1) is 55.4 Å². The molecule has 0 saturated heterocycles. The van der Waals surface area contributed by atoms with Crippen LogP contribution < -0.4 is 5.32 Å². The first-order valence-corrected chi connectivity index (χ1v) is 20.5. The van der Waals surface area contributed by atoms with E-state index in [2.05, 4.69) is 19.2 Å². The van der Waals surface area contributed by atoms with Crippen molar-refractivity contribution in [2.24, 2.45) is 17.8 Å². The highest BCUT2D eigenvalue weighted by atomic mass is 16.6. The second-order valence-electron chi connectivity index (χ2n) is 15.9. The summed E-state index contributed by atoms with van der Waals surface area (Å²) in [4.78, 5) is 12.8. The first-order chi connectivity index (χ1) is 26.3. The van der Waals surface area contributed by atoms with Crippen molar-refractivity contribution < 1.29 is 75.2 Å². The lowest BCUT2D eigenvalue weighted by Gasteiger charge is -2.48. The summed E-state index contributed by atoms with van der Waals surface area (Å²) >= 11 is 0. The van der Waals surface area contributed by atoms with Gasteiger partial charge in [-0.05, 0) is 38.5 Å². The van der Waals surface area contributed by atoms with Crippen molar-refractivity contribution in [2.75, 3.05) is 26.4 Å². The lowest BCUT2D eigenvalue weighted by atomic mass is 9.78. The maximum Gasteiger partial charge on any atom is 0.220 e. The van der Waals surface area contributed by atoms with E-state index in [1.54, 1.807) is 6.08 Å². The molecule has 1 amide bonds. The van der Waals surface area contributed by atoms with Gasteiger partial charge >= 0.3 is 0 Å². The topological polar surface area (TPSA) is 279 Å². The summed E-state index contributed by atoms with van der Waals surface area (Å²) in [6.07, 6.45) is -5.74. The van der Waals surface area contributed by atoms with E-state index in [-0.39, 0.29) is 38.2 Å². The number of aliphatic hydroxyl groups is 11. The van der Waals surface area contributed by atoms with Crippen LogP contribution in [0.1, 0.15) is 97.3 Å². The molecule has 12 N–H and O–H groups in total. The zero-order chi connectivity index (χ0) is 40.7. The molecule has 0 heterocycles. The van der Waals surface area contributed by atoms with E-state index in [9.17, 15) is 61.0 Å². The molecule has 15 unspecified atom stereocenters. The van der Waals surface area contributed by atoms with Gasteiger partial charge in [-0.25, -0.2) is 0 Å². The number of rotatable bonds is 23. The molecule has 0 spiro atoms. The number of carbonyl (C=O) groups is 1. The molecule has 0 aliphatic heterocycles. The zero-order valence-corrected chi connectivity index (χ0v) is 32.5. The molecule has 3 fully saturated rings. The third kappa shape index (κ3) is 13.6. The van der Waals surface area contributed by atoms with Crippen molar-refractivity contribution in [1.29, 1.82) is 0 Å². The van der Waals surface area contributed by atoms with Crippen LogP contribution in [0, 0.1) is 17.8 Å². The minimum absolute atomic E-state index is 0.000738. The van der Waals surface area contributed by atoms with Crippen LogP contribution in [0.4, 0.5) is 0 Å². The second-order valence-corrected chi connectivity index (χ2v) is 15.9. The van der Waals surface area contributed by atoms with Gasteiger partial charge in [0.25, 0.3) is 0 Å². The van der Waals surface area contributed by atoms with Crippen molar-refractivity contribution in [3.63, 3.8) is 0 Å². The van der Waals surface area contributed by atoms with E-state index in [1.807, 2.05) is 6.08 Å². The third-order valence-electron chi connectivity index (χ3n) is 11.7. The van der Waals surface area contributed by atoms with Crippen LogP contribution in [0.2, 0.25) is 0 Å². The number of hydrogen-bond donors (Lipinski definition) is 12. The predicted octanol–water partition coefficient (Wildman–Crippen LogP) is -1.22. The highest BCUT2D eigenvalue weighted by Gasteiger charge is 2.52. The molecular formula is C39H71NO15. The van der Waals surface area contributed by atoms with Crippen molar-refractivity contribution in [3.8, 4) is 0 Å². The molecule has 16 nitrogen and oxygen atoms in total. The van der Waals surface area contributed by atoms with Gasteiger partial charge in [-0.2, -0.15) is 0 Å². The molecule has 17 atom stereocenters. The summed E-state index contributed by atoms with van der Waals surface area (Å²) in [6, 6.07) is -0.849. The third-order valence-corrected chi connectivity index (χ3v) is 11.7. The van der Waals surface area contributed by atoms with Crippen LogP contribution in [-0.2, 0) is 19.0 Å². The van der Waals surface area contributed by atoms with E-state index in [4.69, 9.17) is 14.2 Å². The number of carbonyl (C=O) groups excluding carboxylic acids is 1. The Hall–Kier alpha value is -1.35. The minimum atomic E-state index is -1.68. The number of hydrogen-bond acceptors (Lipinski definition) is 15. The highest BCUT2D eigenvalue weighted by Crippen LogP contribution is 2.38. The molecular weight excluding hydrogens is 722 g/mol. The second kappa shape index (κ2) is 24.5.